The molecule has 8 heteroatoms. The number of hydrogen-bond donors (Lipinski definition) is 1. The molecule has 0 bridgehead atoms. The summed E-state index contributed by atoms with van der Waals surface area (Å²) in [4.78, 5) is 14.5. The van der Waals surface area contributed by atoms with Crippen LogP contribution in [-0.2, 0) is 6.18 Å². The number of rotatable bonds is 3. The van der Waals surface area contributed by atoms with Gasteiger partial charge in [0.15, 0.2) is 0 Å². The maximum atomic E-state index is 12.8. The number of halogens is 4. The largest absolute Gasteiger partial charge is 0.478 e. The average Bonchev–Trinajstić information content (AvgIpc) is 2.37. The predicted octanol–water partition coefficient (Wildman–Crippen LogP) is 4.24. The van der Waals surface area contributed by atoms with Gasteiger partial charge < -0.3 is 9.84 Å². The van der Waals surface area contributed by atoms with Crippen molar-refractivity contribution in [2.24, 2.45) is 0 Å². The number of carbonyl (C=O) groups is 1. The minimum Gasteiger partial charge on any atom is -0.478 e. The molecule has 1 aromatic carbocycles. The maximum absolute atomic E-state index is 12.8. The molecule has 0 atom stereocenters. The Balaban J connectivity index is 2.40. The molecule has 0 aliphatic rings. The molecule has 0 spiro atoms. The van der Waals surface area contributed by atoms with E-state index in [4.69, 9.17) is 21.4 Å². The molecular formula is C13H7ClF3NO3. The van der Waals surface area contributed by atoms with Gasteiger partial charge in [0, 0.05) is 12.3 Å². The molecule has 0 fully saturated rings. The molecule has 4 nitrogen and oxygen atoms in total. The molecule has 1 aromatic heterocycles. The van der Waals surface area contributed by atoms with Crippen molar-refractivity contribution in [3.8, 4) is 11.5 Å². The summed E-state index contributed by atoms with van der Waals surface area (Å²) < 4.78 is 43.7. The van der Waals surface area contributed by atoms with Gasteiger partial charge in [-0.2, -0.15) is 13.2 Å². The van der Waals surface area contributed by atoms with Crippen LogP contribution in [0, 0.1) is 0 Å². The molecule has 0 saturated heterocycles. The van der Waals surface area contributed by atoms with Gasteiger partial charge in [0.1, 0.15) is 11.5 Å². The van der Waals surface area contributed by atoms with Gasteiger partial charge in [0.25, 0.3) is 0 Å². The first-order valence-electron chi connectivity index (χ1n) is 5.50. The van der Waals surface area contributed by atoms with Crippen LogP contribution in [0.1, 0.15) is 15.9 Å². The molecule has 0 saturated carbocycles. The minimum atomic E-state index is -4.81. The summed E-state index contributed by atoms with van der Waals surface area (Å²) in [7, 11) is 0. The van der Waals surface area contributed by atoms with Gasteiger partial charge >= 0.3 is 12.1 Å². The van der Waals surface area contributed by atoms with E-state index in [0.717, 1.165) is 12.1 Å². The quantitative estimate of drug-likeness (QED) is 0.919. The second-order valence-corrected chi connectivity index (χ2v) is 4.39. The number of pyridine rings is 1. The second-order valence-electron chi connectivity index (χ2n) is 3.95. The Hall–Kier alpha value is -2.28. The Kier molecular flexibility index (Phi) is 4.04. The monoisotopic (exact) mass is 317 g/mol. The number of carboxylic acid groups (broad SMARTS) is 1. The summed E-state index contributed by atoms with van der Waals surface area (Å²) in [6, 6.07) is 3.94. The lowest BCUT2D eigenvalue weighted by molar-refractivity contribution is -0.138. The fourth-order valence-electron chi connectivity index (χ4n) is 1.59. The number of alkyl halides is 3. The number of benzene rings is 1. The number of hydrogen-bond acceptors (Lipinski definition) is 3. The highest BCUT2D eigenvalue weighted by atomic mass is 35.5. The Morgan fingerprint density at radius 3 is 2.48 bits per heavy atom. The highest BCUT2D eigenvalue weighted by Crippen LogP contribution is 2.35. The average molecular weight is 318 g/mol. The van der Waals surface area contributed by atoms with Crippen LogP contribution in [0.4, 0.5) is 13.2 Å². The summed E-state index contributed by atoms with van der Waals surface area (Å²) in [5.41, 5.74) is -2.14. The molecule has 0 radical (unpaired) electrons. The fourth-order valence-corrected chi connectivity index (χ4v) is 1.76. The van der Waals surface area contributed by atoms with E-state index < -0.39 is 23.3 Å². The van der Waals surface area contributed by atoms with Gasteiger partial charge in [-0.1, -0.05) is 11.6 Å². The zero-order valence-corrected chi connectivity index (χ0v) is 10.9. The van der Waals surface area contributed by atoms with E-state index in [-0.39, 0.29) is 16.5 Å². The van der Waals surface area contributed by atoms with Crippen LogP contribution in [0.3, 0.4) is 0 Å². The van der Waals surface area contributed by atoms with Gasteiger partial charge in [-0.05, 0) is 18.2 Å². The molecule has 1 heterocycles. The smallest absolute Gasteiger partial charge is 0.417 e. The zero-order chi connectivity index (χ0) is 15.6. The van der Waals surface area contributed by atoms with Crippen molar-refractivity contribution in [1.82, 2.24) is 4.98 Å². The maximum Gasteiger partial charge on any atom is 0.417 e. The van der Waals surface area contributed by atoms with Crippen LogP contribution in [-0.4, -0.2) is 16.1 Å². The van der Waals surface area contributed by atoms with Gasteiger partial charge in [-0.15, -0.1) is 0 Å². The first-order valence-corrected chi connectivity index (χ1v) is 5.88. The third kappa shape index (κ3) is 3.63. The third-order valence-electron chi connectivity index (χ3n) is 2.44. The number of carboxylic acids is 1. The Morgan fingerprint density at radius 2 is 1.90 bits per heavy atom. The van der Waals surface area contributed by atoms with Gasteiger partial charge in [-0.3, -0.25) is 4.98 Å². The standard InChI is InChI=1S/C13H7ClF3NO3/c14-7-3-9(6-18-5-7)21-8-1-2-10(12(19)20)11(4-8)13(15,16)17/h1-6H,(H,19,20). The highest BCUT2D eigenvalue weighted by Gasteiger charge is 2.35. The lowest BCUT2D eigenvalue weighted by Gasteiger charge is -2.12. The van der Waals surface area contributed by atoms with Crippen molar-refractivity contribution in [2.45, 2.75) is 6.18 Å². The SMILES string of the molecule is O=C(O)c1ccc(Oc2cncc(Cl)c2)cc1C(F)(F)F. The minimum absolute atomic E-state index is 0.138. The van der Waals surface area contributed by atoms with Crippen LogP contribution in [0.25, 0.3) is 0 Å². The normalized spacial score (nSPS) is 11.2. The summed E-state index contributed by atoms with van der Waals surface area (Å²) in [5.74, 6) is -1.70. The zero-order valence-electron chi connectivity index (χ0n) is 10.2. The van der Waals surface area contributed by atoms with Crippen molar-refractivity contribution in [3.05, 3.63) is 52.8 Å². The van der Waals surface area contributed by atoms with Crippen molar-refractivity contribution in [3.63, 3.8) is 0 Å². The van der Waals surface area contributed by atoms with Gasteiger partial charge in [0.05, 0.1) is 22.3 Å². The fraction of sp³-hybridized carbons (Fsp3) is 0.0769. The predicted molar refractivity (Wildman–Crippen MR) is 67.7 cm³/mol. The van der Waals surface area contributed by atoms with Gasteiger partial charge in [-0.25, -0.2) is 4.79 Å². The van der Waals surface area contributed by atoms with E-state index in [1.54, 1.807) is 0 Å². The molecule has 1 N–H and O–H groups in total. The molecular weight excluding hydrogens is 311 g/mol. The van der Waals surface area contributed by atoms with Crippen LogP contribution >= 0.6 is 11.6 Å². The highest BCUT2D eigenvalue weighted by molar-refractivity contribution is 6.30. The molecule has 0 unspecified atom stereocenters. The van der Waals surface area contributed by atoms with Crippen LogP contribution < -0.4 is 4.74 Å². The summed E-state index contributed by atoms with van der Waals surface area (Å²) >= 11 is 5.68. The Bertz CT molecular complexity index is 689. The van der Waals surface area contributed by atoms with E-state index in [1.165, 1.54) is 18.5 Å². The molecule has 0 aliphatic carbocycles. The number of ether oxygens (including phenoxy) is 1. The summed E-state index contributed by atoms with van der Waals surface area (Å²) in [6.07, 6.45) is -2.20. The van der Waals surface area contributed by atoms with Crippen LogP contribution in [0.2, 0.25) is 5.02 Å². The van der Waals surface area contributed by atoms with Crippen molar-refractivity contribution >= 4 is 17.6 Å². The summed E-state index contributed by atoms with van der Waals surface area (Å²) in [6.45, 7) is 0. The van der Waals surface area contributed by atoms with E-state index in [0.29, 0.717) is 6.07 Å². The van der Waals surface area contributed by atoms with Crippen LogP contribution in [0.15, 0.2) is 36.7 Å². The lowest BCUT2D eigenvalue weighted by atomic mass is 10.1. The Morgan fingerprint density at radius 1 is 1.19 bits per heavy atom. The molecule has 0 aliphatic heterocycles. The molecule has 2 rings (SSSR count). The van der Waals surface area contributed by atoms with E-state index in [1.807, 2.05) is 0 Å². The van der Waals surface area contributed by atoms with Crippen molar-refractivity contribution in [2.75, 3.05) is 0 Å². The van der Waals surface area contributed by atoms with E-state index in [2.05, 4.69) is 4.98 Å². The van der Waals surface area contributed by atoms with E-state index in [9.17, 15) is 18.0 Å². The first-order chi connectivity index (χ1) is 9.77. The second kappa shape index (κ2) is 5.61. The van der Waals surface area contributed by atoms with Crippen LogP contribution in [0.5, 0.6) is 11.5 Å². The molecule has 21 heavy (non-hydrogen) atoms. The first kappa shape index (κ1) is 15.1. The van der Waals surface area contributed by atoms with E-state index >= 15 is 0 Å². The topological polar surface area (TPSA) is 59.4 Å². The molecule has 2 aromatic rings. The third-order valence-corrected chi connectivity index (χ3v) is 2.65. The number of aromatic carboxylic acids is 1. The van der Waals surface area contributed by atoms with Gasteiger partial charge in [0.2, 0.25) is 0 Å². The molecule has 110 valence electrons. The van der Waals surface area contributed by atoms with Crippen molar-refractivity contribution in [1.29, 1.82) is 0 Å². The number of aromatic nitrogens is 1. The number of nitrogens with zero attached hydrogens (tertiary/aromatic N) is 1. The van der Waals surface area contributed by atoms with Crippen molar-refractivity contribution < 1.29 is 27.8 Å². The molecule has 0 amide bonds. The Labute approximate surface area is 121 Å². The summed E-state index contributed by atoms with van der Waals surface area (Å²) in [5, 5.41) is 9.03. The lowest BCUT2D eigenvalue weighted by Crippen LogP contribution is -2.12.